The molecular formula is C18H17FN2O4. The number of nitro benzene ring substituents is 1. The van der Waals surface area contributed by atoms with Crippen molar-refractivity contribution in [3.05, 3.63) is 75.6 Å². The molecule has 0 aromatic heterocycles. The van der Waals surface area contributed by atoms with E-state index in [1.165, 1.54) is 37.5 Å². The molecule has 2 aromatic carbocycles. The van der Waals surface area contributed by atoms with Crippen LogP contribution >= 0.6 is 0 Å². The third kappa shape index (κ3) is 4.63. The summed E-state index contributed by atoms with van der Waals surface area (Å²) in [5.41, 5.74) is 0.813. The van der Waals surface area contributed by atoms with Crippen LogP contribution < -0.4 is 10.1 Å². The molecule has 2 aromatic rings. The minimum absolute atomic E-state index is 0.0863. The van der Waals surface area contributed by atoms with Gasteiger partial charge >= 0.3 is 0 Å². The van der Waals surface area contributed by atoms with Crippen molar-refractivity contribution in [2.75, 3.05) is 7.11 Å². The molecule has 0 unspecified atom stereocenters. The number of hydrogen-bond donors (Lipinski definition) is 1. The van der Waals surface area contributed by atoms with Crippen LogP contribution in [0.4, 0.5) is 10.1 Å². The first-order chi connectivity index (χ1) is 11.9. The first-order valence-electron chi connectivity index (χ1n) is 7.48. The lowest BCUT2D eigenvalue weighted by Gasteiger charge is -2.14. The van der Waals surface area contributed by atoms with E-state index in [9.17, 15) is 19.3 Å². The van der Waals surface area contributed by atoms with Crippen LogP contribution in [-0.4, -0.2) is 17.9 Å². The van der Waals surface area contributed by atoms with E-state index < -0.39 is 22.7 Å². The first kappa shape index (κ1) is 18.1. The number of benzene rings is 2. The van der Waals surface area contributed by atoms with E-state index in [0.29, 0.717) is 11.1 Å². The molecule has 25 heavy (non-hydrogen) atoms. The maximum absolute atomic E-state index is 13.7. The van der Waals surface area contributed by atoms with E-state index in [4.69, 9.17) is 4.74 Å². The Morgan fingerprint density at radius 2 is 2.04 bits per heavy atom. The summed E-state index contributed by atoms with van der Waals surface area (Å²) in [5, 5.41) is 13.6. The summed E-state index contributed by atoms with van der Waals surface area (Å²) in [6.45, 7) is 1.71. The number of ether oxygens (including phenoxy) is 1. The van der Waals surface area contributed by atoms with Gasteiger partial charge in [0.1, 0.15) is 0 Å². The van der Waals surface area contributed by atoms with Crippen LogP contribution in [0.1, 0.15) is 24.1 Å². The quantitative estimate of drug-likeness (QED) is 0.493. The Bertz CT molecular complexity index is 820. The summed E-state index contributed by atoms with van der Waals surface area (Å²) in [4.78, 5) is 22.4. The second kappa shape index (κ2) is 8.05. The number of nitro groups is 1. The molecule has 0 fully saturated rings. The van der Waals surface area contributed by atoms with E-state index in [1.54, 1.807) is 31.2 Å². The third-order valence-corrected chi connectivity index (χ3v) is 3.58. The van der Waals surface area contributed by atoms with Gasteiger partial charge < -0.3 is 10.1 Å². The molecular weight excluding hydrogens is 327 g/mol. The second-order valence-corrected chi connectivity index (χ2v) is 5.27. The van der Waals surface area contributed by atoms with Gasteiger partial charge in [0.2, 0.25) is 5.91 Å². The third-order valence-electron chi connectivity index (χ3n) is 3.58. The van der Waals surface area contributed by atoms with Crippen molar-refractivity contribution in [1.82, 2.24) is 5.32 Å². The van der Waals surface area contributed by atoms with E-state index in [1.807, 2.05) is 0 Å². The van der Waals surface area contributed by atoms with Gasteiger partial charge in [-0.25, -0.2) is 4.39 Å². The molecule has 0 bridgehead atoms. The average molecular weight is 344 g/mol. The van der Waals surface area contributed by atoms with Crippen molar-refractivity contribution in [3.8, 4) is 5.75 Å². The molecule has 7 heteroatoms. The fourth-order valence-electron chi connectivity index (χ4n) is 2.26. The van der Waals surface area contributed by atoms with E-state index >= 15 is 0 Å². The van der Waals surface area contributed by atoms with Gasteiger partial charge in [0.15, 0.2) is 11.6 Å². The molecule has 0 aliphatic carbocycles. The van der Waals surface area contributed by atoms with Crippen molar-refractivity contribution >= 4 is 17.7 Å². The molecule has 6 nitrogen and oxygen atoms in total. The predicted octanol–water partition coefficient (Wildman–Crippen LogP) is 3.63. The van der Waals surface area contributed by atoms with Crippen LogP contribution in [-0.2, 0) is 4.79 Å². The number of nitrogens with one attached hydrogen (secondary N) is 1. The Labute approximate surface area is 144 Å². The molecule has 0 aliphatic heterocycles. The highest BCUT2D eigenvalue weighted by Crippen LogP contribution is 2.22. The SMILES string of the molecule is COc1ccc([C@@H](C)NC(=O)/C=C/c2ccccc2[N+](=O)[O-])cc1F. The molecule has 0 heterocycles. The predicted molar refractivity (Wildman–Crippen MR) is 91.6 cm³/mol. The minimum atomic E-state index is -0.517. The molecule has 1 amide bonds. The highest BCUT2D eigenvalue weighted by atomic mass is 19.1. The van der Waals surface area contributed by atoms with Gasteiger partial charge in [-0.05, 0) is 36.8 Å². The van der Waals surface area contributed by atoms with E-state index in [0.717, 1.165) is 0 Å². The minimum Gasteiger partial charge on any atom is -0.494 e. The van der Waals surface area contributed by atoms with Crippen LogP contribution in [0.15, 0.2) is 48.5 Å². The van der Waals surface area contributed by atoms with Crippen molar-refractivity contribution in [2.24, 2.45) is 0 Å². The Balaban J connectivity index is 2.07. The number of para-hydroxylation sites is 1. The Morgan fingerprint density at radius 3 is 2.68 bits per heavy atom. The fraction of sp³-hybridized carbons (Fsp3) is 0.167. The molecule has 0 saturated carbocycles. The fourth-order valence-corrected chi connectivity index (χ4v) is 2.26. The molecule has 0 radical (unpaired) electrons. The van der Waals surface area contributed by atoms with Crippen LogP contribution in [0.3, 0.4) is 0 Å². The number of nitrogens with zero attached hydrogens (tertiary/aromatic N) is 1. The number of carbonyl (C=O) groups is 1. The maximum Gasteiger partial charge on any atom is 0.276 e. The Morgan fingerprint density at radius 1 is 1.32 bits per heavy atom. The standard InChI is InChI=1S/C18H17FN2O4/c1-12(14-7-9-17(25-2)15(19)11-14)20-18(22)10-8-13-5-3-4-6-16(13)21(23)24/h3-12H,1-2H3,(H,20,22)/b10-8+/t12-/m1/s1. The summed E-state index contributed by atoms with van der Waals surface area (Å²) >= 11 is 0. The summed E-state index contributed by atoms with van der Waals surface area (Å²) in [6.07, 6.45) is 2.58. The smallest absolute Gasteiger partial charge is 0.276 e. The van der Waals surface area contributed by atoms with Crippen molar-refractivity contribution < 1.29 is 18.8 Å². The van der Waals surface area contributed by atoms with Gasteiger partial charge in [0.05, 0.1) is 23.6 Å². The van der Waals surface area contributed by atoms with Crippen LogP contribution in [0.25, 0.3) is 6.08 Å². The zero-order valence-electron chi connectivity index (χ0n) is 13.7. The van der Waals surface area contributed by atoms with Crippen LogP contribution in [0.2, 0.25) is 0 Å². The number of rotatable bonds is 6. The highest BCUT2D eigenvalue weighted by Gasteiger charge is 2.12. The summed E-state index contributed by atoms with van der Waals surface area (Å²) < 4.78 is 18.6. The lowest BCUT2D eigenvalue weighted by Crippen LogP contribution is -2.24. The summed E-state index contributed by atoms with van der Waals surface area (Å²) in [7, 11) is 1.37. The van der Waals surface area contributed by atoms with E-state index in [2.05, 4.69) is 5.32 Å². The molecule has 130 valence electrons. The lowest BCUT2D eigenvalue weighted by atomic mass is 10.1. The van der Waals surface area contributed by atoms with Crippen molar-refractivity contribution in [1.29, 1.82) is 0 Å². The molecule has 2 rings (SSSR count). The van der Waals surface area contributed by atoms with Gasteiger partial charge in [-0.2, -0.15) is 0 Å². The number of hydrogen-bond acceptors (Lipinski definition) is 4. The van der Waals surface area contributed by atoms with Gasteiger partial charge in [-0.1, -0.05) is 18.2 Å². The zero-order valence-corrected chi connectivity index (χ0v) is 13.7. The molecule has 0 aliphatic rings. The monoisotopic (exact) mass is 344 g/mol. The normalized spacial score (nSPS) is 12.0. The first-order valence-corrected chi connectivity index (χ1v) is 7.48. The second-order valence-electron chi connectivity index (χ2n) is 5.27. The van der Waals surface area contributed by atoms with Crippen LogP contribution in [0, 0.1) is 15.9 Å². The zero-order chi connectivity index (χ0) is 18.4. The van der Waals surface area contributed by atoms with Gasteiger partial charge in [-0.15, -0.1) is 0 Å². The Kier molecular flexibility index (Phi) is 5.84. The molecule has 1 atom stereocenters. The number of halogens is 1. The number of methoxy groups -OCH3 is 1. The van der Waals surface area contributed by atoms with Gasteiger partial charge in [0, 0.05) is 12.1 Å². The van der Waals surface area contributed by atoms with Gasteiger partial charge in [0.25, 0.3) is 5.69 Å². The lowest BCUT2D eigenvalue weighted by molar-refractivity contribution is -0.385. The van der Waals surface area contributed by atoms with E-state index in [-0.39, 0.29) is 11.4 Å². The van der Waals surface area contributed by atoms with Crippen molar-refractivity contribution in [2.45, 2.75) is 13.0 Å². The maximum atomic E-state index is 13.7. The van der Waals surface area contributed by atoms with Crippen molar-refractivity contribution in [3.63, 3.8) is 0 Å². The summed E-state index contributed by atoms with van der Waals surface area (Å²) in [5.74, 6) is -0.836. The largest absolute Gasteiger partial charge is 0.494 e. The van der Waals surface area contributed by atoms with Gasteiger partial charge in [-0.3, -0.25) is 14.9 Å². The number of carbonyl (C=O) groups excluding carboxylic acids is 1. The van der Waals surface area contributed by atoms with Crippen LogP contribution in [0.5, 0.6) is 5.75 Å². The Hall–Kier alpha value is -3.22. The average Bonchev–Trinajstić information content (AvgIpc) is 2.60. The highest BCUT2D eigenvalue weighted by molar-refractivity contribution is 5.92. The molecule has 1 N–H and O–H groups in total. The number of amides is 1. The topological polar surface area (TPSA) is 81.5 Å². The summed E-state index contributed by atoms with van der Waals surface area (Å²) in [6, 6.07) is 10.1. The molecule has 0 spiro atoms. The molecule has 0 saturated heterocycles.